The van der Waals surface area contributed by atoms with Gasteiger partial charge in [-0.25, -0.2) is 0 Å². The highest BCUT2D eigenvalue weighted by molar-refractivity contribution is 8.06. The topological polar surface area (TPSA) is 67.6 Å². The lowest BCUT2D eigenvalue weighted by molar-refractivity contribution is -0.142. The monoisotopic (exact) mass is 504 g/mol. The lowest BCUT2D eigenvalue weighted by atomic mass is 9.84. The Bertz CT molecular complexity index is 1240. The molecule has 0 spiro atoms. The summed E-state index contributed by atoms with van der Waals surface area (Å²) in [6.45, 7) is 1.87. The molecule has 1 aliphatic carbocycles. The molecule has 6 nitrogen and oxygen atoms in total. The quantitative estimate of drug-likeness (QED) is 0.428. The Balaban J connectivity index is 1.42. The number of benzene rings is 2. The minimum Gasteiger partial charge on any atom is -0.339 e. The highest BCUT2D eigenvalue weighted by Gasteiger charge is 2.35. The van der Waals surface area contributed by atoms with E-state index in [2.05, 4.69) is 6.07 Å². The summed E-state index contributed by atoms with van der Waals surface area (Å²) in [6, 6.07) is 19.4. The zero-order valence-corrected chi connectivity index (χ0v) is 20.8. The van der Waals surface area contributed by atoms with Gasteiger partial charge in [0.15, 0.2) is 0 Å². The van der Waals surface area contributed by atoms with Crippen molar-refractivity contribution in [2.75, 3.05) is 31.1 Å². The SMILES string of the molecule is N#C/C(C(=O)N1CCN(C(=O)C2CCC2)CC1)=C1/SC=C(c2ccccc2)N1c1cccc(Cl)c1. The van der Waals surface area contributed by atoms with Crippen LogP contribution in [0.15, 0.2) is 70.6 Å². The molecule has 5 rings (SSSR count). The molecule has 2 aromatic rings. The number of amides is 2. The minimum atomic E-state index is -0.305. The van der Waals surface area contributed by atoms with Crippen molar-refractivity contribution in [3.63, 3.8) is 0 Å². The average Bonchev–Trinajstić information content (AvgIpc) is 3.29. The summed E-state index contributed by atoms with van der Waals surface area (Å²) in [5.74, 6) is 0.0514. The highest BCUT2D eigenvalue weighted by Crippen LogP contribution is 2.45. The first kappa shape index (κ1) is 23.5. The lowest BCUT2D eigenvalue weighted by Crippen LogP contribution is -2.53. The van der Waals surface area contributed by atoms with Crippen LogP contribution < -0.4 is 4.90 Å². The Hall–Kier alpha value is -3.21. The van der Waals surface area contributed by atoms with E-state index in [1.54, 1.807) is 11.0 Å². The van der Waals surface area contributed by atoms with E-state index in [-0.39, 0.29) is 23.3 Å². The minimum absolute atomic E-state index is 0.0935. The van der Waals surface area contributed by atoms with Crippen LogP contribution in [0.5, 0.6) is 0 Å². The van der Waals surface area contributed by atoms with Gasteiger partial charge < -0.3 is 14.7 Å². The molecular weight excluding hydrogens is 480 g/mol. The summed E-state index contributed by atoms with van der Waals surface area (Å²) in [6.07, 6.45) is 3.06. The van der Waals surface area contributed by atoms with Gasteiger partial charge >= 0.3 is 0 Å². The van der Waals surface area contributed by atoms with Crippen molar-refractivity contribution >= 4 is 46.6 Å². The maximum atomic E-state index is 13.5. The Labute approximate surface area is 214 Å². The number of nitriles is 1. The summed E-state index contributed by atoms with van der Waals surface area (Å²) >= 11 is 7.66. The van der Waals surface area contributed by atoms with E-state index in [9.17, 15) is 14.9 Å². The van der Waals surface area contributed by atoms with Gasteiger partial charge in [0, 0.05) is 48.2 Å². The largest absolute Gasteiger partial charge is 0.339 e. The van der Waals surface area contributed by atoms with Gasteiger partial charge in [-0.1, -0.05) is 66.2 Å². The first-order chi connectivity index (χ1) is 17.1. The zero-order valence-electron chi connectivity index (χ0n) is 19.2. The number of piperazine rings is 1. The van der Waals surface area contributed by atoms with E-state index in [1.165, 1.54) is 11.8 Å². The van der Waals surface area contributed by atoms with Crippen LogP contribution in [-0.4, -0.2) is 47.8 Å². The summed E-state index contributed by atoms with van der Waals surface area (Å²) < 4.78 is 0. The van der Waals surface area contributed by atoms with Gasteiger partial charge in [0.05, 0.1) is 5.70 Å². The van der Waals surface area contributed by atoms with Crippen molar-refractivity contribution in [1.29, 1.82) is 5.26 Å². The molecule has 2 amide bonds. The van der Waals surface area contributed by atoms with Crippen molar-refractivity contribution in [3.8, 4) is 6.07 Å². The van der Waals surface area contributed by atoms with E-state index >= 15 is 0 Å². The van der Waals surface area contributed by atoms with Crippen molar-refractivity contribution in [1.82, 2.24) is 9.80 Å². The number of hydrogen-bond donors (Lipinski definition) is 0. The molecule has 0 aromatic heterocycles. The van der Waals surface area contributed by atoms with Gasteiger partial charge in [0.2, 0.25) is 5.91 Å². The Morgan fingerprint density at radius 3 is 2.31 bits per heavy atom. The van der Waals surface area contributed by atoms with Crippen LogP contribution in [0.4, 0.5) is 5.69 Å². The maximum Gasteiger partial charge on any atom is 0.267 e. The number of carbonyl (C=O) groups is 2. The van der Waals surface area contributed by atoms with Gasteiger partial charge in [-0.05, 0) is 36.6 Å². The van der Waals surface area contributed by atoms with Crippen LogP contribution in [0.3, 0.4) is 0 Å². The van der Waals surface area contributed by atoms with Crippen LogP contribution in [0.2, 0.25) is 5.02 Å². The van der Waals surface area contributed by atoms with E-state index in [1.807, 2.05) is 63.7 Å². The molecule has 0 bridgehead atoms. The first-order valence-electron chi connectivity index (χ1n) is 11.8. The molecule has 0 N–H and O–H groups in total. The normalized spacial score (nSPS) is 19.7. The number of rotatable bonds is 4. The molecule has 2 fully saturated rings. The van der Waals surface area contributed by atoms with E-state index in [0.717, 1.165) is 36.2 Å². The van der Waals surface area contributed by atoms with Crippen molar-refractivity contribution in [2.24, 2.45) is 5.92 Å². The molecule has 3 aliphatic rings. The van der Waals surface area contributed by atoms with Crippen molar-refractivity contribution in [2.45, 2.75) is 19.3 Å². The third-order valence-electron chi connectivity index (χ3n) is 6.73. The zero-order chi connectivity index (χ0) is 24.4. The molecule has 2 aromatic carbocycles. The smallest absolute Gasteiger partial charge is 0.267 e. The van der Waals surface area contributed by atoms with Crippen LogP contribution in [-0.2, 0) is 9.59 Å². The highest BCUT2D eigenvalue weighted by atomic mass is 35.5. The number of thioether (sulfide) groups is 1. The third-order valence-corrected chi connectivity index (χ3v) is 7.92. The fourth-order valence-corrected chi connectivity index (χ4v) is 5.77. The van der Waals surface area contributed by atoms with Gasteiger partial charge in [-0.2, -0.15) is 5.26 Å². The number of nitrogens with zero attached hydrogens (tertiary/aromatic N) is 4. The summed E-state index contributed by atoms with van der Waals surface area (Å²) in [7, 11) is 0. The second kappa shape index (κ2) is 10.2. The van der Waals surface area contributed by atoms with E-state index in [4.69, 9.17) is 11.6 Å². The summed E-state index contributed by atoms with van der Waals surface area (Å²) in [5, 5.41) is 13.2. The molecule has 0 unspecified atom stereocenters. The van der Waals surface area contributed by atoms with Crippen LogP contribution in [0, 0.1) is 17.2 Å². The van der Waals surface area contributed by atoms with Crippen LogP contribution in [0.1, 0.15) is 24.8 Å². The van der Waals surface area contributed by atoms with Crippen LogP contribution in [0.25, 0.3) is 5.70 Å². The van der Waals surface area contributed by atoms with Gasteiger partial charge in [-0.3, -0.25) is 9.59 Å². The fourth-order valence-electron chi connectivity index (χ4n) is 4.56. The van der Waals surface area contributed by atoms with Gasteiger partial charge in [0.1, 0.15) is 16.7 Å². The van der Waals surface area contributed by atoms with E-state index < -0.39 is 0 Å². The van der Waals surface area contributed by atoms with Crippen LogP contribution >= 0.6 is 23.4 Å². The molecule has 2 heterocycles. The molecule has 1 saturated heterocycles. The van der Waals surface area contributed by atoms with Gasteiger partial charge in [0.25, 0.3) is 5.91 Å². The molecular formula is C27H25ClN4O2S. The predicted molar refractivity (Wildman–Crippen MR) is 139 cm³/mol. The fraction of sp³-hybridized carbons (Fsp3) is 0.296. The molecule has 0 radical (unpaired) electrons. The Morgan fingerprint density at radius 1 is 0.971 bits per heavy atom. The first-order valence-corrected chi connectivity index (χ1v) is 13.0. The van der Waals surface area contributed by atoms with Gasteiger partial charge in [-0.15, -0.1) is 0 Å². The summed E-state index contributed by atoms with van der Waals surface area (Å²) in [4.78, 5) is 31.6. The standard InChI is InChI=1S/C27H25ClN4O2S/c28-21-10-5-11-22(16-21)32-24(19-6-2-1-3-7-19)18-35-27(32)23(17-29)26(34)31-14-12-30(13-15-31)25(33)20-8-4-9-20/h1-3,5-7,10-11,16,18,20H,4,8-9,12-15H2/b27-23-. The number of hydrogen-bond acceptors (Lipinski definition) is 5. The molecule has 0 atom stereocenters. The second-order valence-corrected chi connectivity index (χ2v) is 10.1. The molecule has 1 saturated carbocycles. The maximum absolute atomic E-state index is 13.5. The lowest BCUT2D eigenvalue weighted by Gasteiger charge is -2.38. The average molecular weight is 505 g/mol. The van der Waals surface area contributed by atoms with E-state index in [0.29, 0.717) is 36.2 Å². The predicted octanol–water partition coefficient (Wildman–Crippen LogP) is 5.10. The second-order valence-electron chi connectivity index (χ2n) is 8.84. The molecule has 8 heteroatoms. The number of carbonyl (C=O) groups excluding carboxylic acids is 2. The molecule has 35 heavy (non-hydrogen) atoms. The van der Waals surface area contributed by atoms with Crippen molar-refractivity contribution in [3.05, 3.63) is 81.2 Å². The third kappa shape index (κ3) is 4.69. The Morgan fingerprint density at radius 2 is 1.69 bits per heavy atom. The number of halogens is 1. The van der Waals surface area contributed by atoms with Crippen molar-refractivity contribution < 1.29 is 9.59 Å². The Kier molecular flexibility index (Phi) is 6.85. The molecule has 2 aliphatic heterocycles. The summed E-state index contributed by atoms with van der Waals surface area (Å²) in [5.41, 5.74) is 2.73. The molecule has 178 valence electrons. The number of anilines is 1.